The van der Waals surface area contributed by atoms with Crippen LogP contribution in [0.5, 0.6) is 0 Å². The molecule has 0 aliphatic carbocycles. The normalized spacial score (nSPS) is 13.1. The Balaban J connectivity index is 2.36. The quantitative estimate of drug-likeness (QED) is 0.682. The molecule has 0 unspecified atom stereocenters. The summed E-state index contributed by atoms with van der Waals surface area (Å²) < 4.78 is 31.2. The highest BCUT2D eigenvalue weighted by Crippen LogP contribution is 2.20. The second-order valence-corrected chi connectivity index (χ2v) is 6.46. The molecule has 1 aromatic carbocycles. The molecule has 0 saturated carbocycles. The van der Waals surface area contributed by atoms with Crippen LogP contribution in [0.1, 0.15) is 6.92 Å². The number of hydrogen-bond acceptors (Lipinski definition) is 5. The van der Waals surface area contributed by atoms with E-state index in [1.165, 1.54) is 26.2 Å². The number of nitrogens with zero attached hydrogens (tertiary/aromatic N) is 1. The van der Waals surface area contributed by atoms with E-state index in [4.69, 9.17) is 11.6 Å². The Bertz CT molecular complexity index is 792. The predicted molar refractivity (Wildman–Crippen MR) is 78.6 cm³/mol. The van der Waals surface area contributed by atoms with Crippen molar-refractivity contribution >= 4 is 38.5 Å². The number of esters is 1. The number of rotatable bonds is 4. The van der Waals surface area contributed by atoms with Crippen molar-refractivity contribution in [1.29, 1.82) is 0 Å². The summed E-state index contributed by atoms with van der Waals surface area (Å²) in [6.07, 6.45) is 0. The summed E-state index contributed by atoms with van der Waals surface area (Å²) in [6, 6.07) is 6.69. The van der Waals surface area contributed by atoms with Gasteiger partial charge in [-0.2, -0.15) is 4.72 Å². The highest BCUT2D eigenvalue weighted by Gasteiger charge is 2.22. The van der Waals surface area contributed by atoms with Crippen molar-refractivity contribution in [3.05, 3.63) is 35.5 Å². The third-order valence-electron chi connectivity index (χ3n) is 2.82. The van der Waals surface area contributed by atoms with Crippen LogP contribution in [0.3, 0.4) is 0 Å². The van der Waals surface area contributed by atoms with Crippen molar-refractivity contribution in [3.63, 3.8) is 0 Å². The summed E-state index contributed by atoms with van der Waals surface area (Å²) >= 11 is 5.77. The fourth-order valence-electron chi connectivity index (χ4n) is 1.77. The molecule has 0 spiro atoms. The number of aromatic nitrogens is 1. The van der Waals surface area contributed by atoms with E-state index in [1.807, 2.05) is 0 Å². The first-order chi connectivity index (χ1) is 9.83. The zero-order valence-corrected chi connectivity index (χ0v) is 12.9. The molecule has 2 aromatic rings. The molecule has 1 heterocycles. The second kappa shape index (κ2) is 5.97. The molecule has 0 aliphatic rings. The Morgan fingerprint density at radius 3 is 2.71 bits per heavy atom. The van der Waals surface area contributed by atoms with Crippen LogP contribution in [0, 0.1) is 0 Å². The van der Waals surface area contributed by atoms with Crippen LogP contribution in [-0.4, -0.2) is 32.5 Å². The molecule has 0 fully saturated rings. The minimum atomic E-state index is -3.83. The van der Waals surface area contributed by atoms with Gasteiger partial charge in [-0.25, -0.2) is 13.4 Å². The third-order valence-corrected chi connectivity index (χ3v) is 4.57. The molecule has 2 rings (SSSR count). The van der Waals surface area contributed by atoms with Crippen molar-refractivity contribution < 1.29 is 17.9 Å². The van der Waals surface area contributed by atoms with Gasteiger partial charge in [0.1, 0.15) is 11.2 Å². The molecule has 21 heavy (non-hydrogen) atoms. The van der Waals surface area contributed by atoms with Crippen LogP contribution in [0.4, 0.5) is 0 Å². The van der Waals surface area contributed by atoms with E-state index in [9.17, 15) is 13.2 Å². The molecule has 1 aromatic heterocycles. The first kappa shape index (κ1) is 15.7. The SMILES string of the molecule is COC(=O)[C@H](C)NS(=O)(=O)c1ccc2nc(Cl)ccc2c1. The molecule has 8 heteroatoms. The number of nitrogens with one attached hydrogen (secondary N) is 1. The highest BCUT2D eigenvalue weighted by molar-refractivity contribution is 7.89. The summed E-state index contributed by atoms with van der Waals surface area (Å²) in [5.74, 6) is -0.659. The zero-order valence-electron chi connectivity index (χ0n) is 11.3. The second-order valence-electron chi connectivity index (χ2n) is 4.35. The Hall–Kier alpha value is -1.70. The number of pyridine rings is 1. The summed E-state index contributed by atoms with van der Waals surface area (Å²) in [6.45, 7) is 1.41. The Morgan fingerprint density at radius 1 is 1.33 bits per heavy atom. The summed E-state index contributed by atoms with van der Waals surface area (Å²) in [5, 5.41) is 0.962. The van der Waals surface area contributed by atoms with E-state index in [0.29, 0.717) is 16.1 Å². The first-order valence-corrected chi connectivity index (χ1v) is 7.86. The monoisotopic (exact) mass is 328 g/mol. The fourth-order valence-corrected chi connectivity index (χ4v) is 3.15. The molecule has 6 nitrogen and oxygen atoms in total. The van der Waals surface area contributed by atoms with E-state index in [-0.39, 0.29) is 4.90 Å². The lowest BCUT2D eigenvalue weighted by molar-refractivity contribution is -0.142. The topological polar surface area (TPSA) is 85.4 Å². The first-order valence-electron chi connectivity index (χ1n) is 6.00. The van der Waals surface area contributed by atoms with Crippen molar-refractivity contribution in [1.82, 2.24) is 9.71 Å². The van der Waals surface area contributed by atoms with Gasteiger partial charge in [-0.1, -0.05) is 11.6 Å². The average Bonchev–Trinajstić information content (AvgIpc) is 2.45. The van der Waals surface area contributed by atoms with Crippen molar-refractivity contribution in [2.75, 3.05) is 7.11 Å². The van der Waals surface area contributed by atoms with Gasteiger partial charge in [0.15, 0.2) is 0 Å². The third kappa shape index (κ3) is 3.49. The minimum absolute atomic E-state index is 0.0369. The van der Waals surface area contributed by atoms with E-state index in [2.05, 4.69) is 14.4 Å². The van der Waals surface area contributed by atoms with Crippen molar-refractivity contribution in [2.24, 2.45) is 0 Å². The van der Waals surface area contributed by atoms with E-state index >= 15 is 0 Å². The van der Waals surface area contributed by atoms with Gasteiger partial charge >= 0.3 is 5.97 Å². The lowest BCUT2D eigenvalue weighted by Gasteiger charge is -2.12. The van der Waals surface area contributed by atoms with E-state index < -0.39 is 22.0 Å². The number of fused-ring (bicyclic) bond motifs is 1. The zero-order chi connectivity index (χ0) is 15.6. The summed E-state index contributed by atoms with van der Waals surface area (Å²) in [5.41, 5.74) is 0.586. The predicted octanol–water partition coefficient (Wildman–Crippen LogP) is 1.73. The fraction of sp³-hybridized carbons (Fsp3) is 0.231. The molecule has 1 N–H and O–H groups in total. The van der Waals surface area contributed by atoms with Gasteiger partial charge in [0.2, 0.25) is 10.0 Å². The number of carbonyl (C=O) groups is 1. The number of benzene rings is 1. The van der Waals surface area contributed by atoms with Gasteiger partial charge in [-0.3, -0.25) is 4.79 Å². The minimum Gasteiger partial charge on any atom is -0.468 e. The number of halogens is 1. The average molecular weight is 329 g/mol. The van der Waals surface area contributed by atoms with Crippen LogP contribution in [-0.2, 0) is 19.6 Å². The number of sulfonamides is 1. The molecule has 0 radical (unpaired) electrons. The molecule has 1 atom stereocenters. The Kier molecular flexibility index (Phi) is 4.46. The van der Waals surface area contributed by atoms with Crippen LogP contribution in [0.25, 0.3) is 10.9 Å². The number of methoxy groups -OCH3 is 1. The molecular weight excluding hydrogens is 316 g/mol. The van der Waals surface area contributed by atoms with Gasteiger partial charge in [-0.15, -0.1) is 0 Å². The molecule has 0 saturated heterocycles. The molecule has 112 valence electrons. The molecule has 0 aliphatic heterocycles. The van der Waals surface area contributed by atoms with Crippen LogP contribution in [0.2, 0.25) is 5.15 Å². The maximum absolute atomic E-state index is 12.2. The maximum atomic E-state index is 12.2. The summed E-state index contributed by atoms with van der Waals surface area (Å²) in [4.78, 5) is 15.4. The Morgan fingerprint density at radius 2 is 2.05 bits per heavy atom. The lowest BCUT2D eigenvalue weighted by atomic mass is 10.2. The molecular formula is C13H13ClN2O4S. The molecule has 0 bridgehead atoms. The largest absolute Gasteiger partial charge is 0.468 e. The van der Waals surface area contributed by atoms with E-state index in [0.717, 1.165) is 0 Å². The lowest BCUT2D eigenvalue weighted by Crippen LogP contribution is -2.39. The van der Waals surface area contributed by atoms with Gasteiger partial charge in [0.05, 0.1) is 17.5 Å². The number of ether oxygens (including phenoxy) is 1. The highest BCUT2D eigenvalue weighted by atomic mass is 35.5. The van der Waals surface area contributed by atoms with Gasteiger partial charge in [-0.05, 0) is 37.3 Å². The van der Waals surface area contributed by atoms with Crippen LogP contribution in [0.15, 0.2) is 35.2 Å². The molecule has 0 amide bonds. The van der Waals surface area contributed by atoms with Gasteiger partial charge < -0.3 is 4.74 Å². The van der Waals surface area contributed by atoms with E-state index in [1.54, 1.807) is 18.2 Å². The van der Waals surface area contributed by atoms with Gasteiger partial charge in [0, 0.05) is 5.39 Å². The summed E-state index contributed by atoms with van der Waals surface area (Å²) in [7, 11) is -2.63. The maximum Gasteiger partial charge on any atom is 0.323 e. The number of carbonyl (C=O) groups excluding carboxylic acids is 1. The standard InChI is InChI=1S/C13H13ClN2O4S/c1-8(13(17)20-2)16-21(18,19)10-4-5-11-9(7-10)3-6-12(14)15-11/h3-8,16H,1-2H3/t8-/m0/s1. The Labute approximate surface area is 127 Å². The van der Waals surface area contributed by atoms with Crippen molar-refractivity contribution in [2.45, 2.75) is 17.9 Å². The van der Waals surface area contributed by atoms with Gasteiger partial charge in [0.25, 0.3) is 0 Å². The van der Waals surface area contributed by atoms with Crippen molar-refractivity contribution in [3.8, 4) is 0 Å². The number of hydrogen-bond donors (Lipinski definition) is 1. The van der Waals surface area contributed by atoms with Crippen LogP contribution >= 0.6 is 11.6 Å². The smallest absolute Gasteiger partial charge is 0.323 e. The van der Waals surface area contributed by atoms with Crippen LogP contribution < -0.4 is 4.72 Å².